The van der Waals surface area contributed by atoms with Gasteiger partial charge in [-0.3, -0.25) is 4.79 Å². The van der Waals surface area contributed by atoms with Gasteiger partial charge in [0.2, 0.25) is 5.82 Å². The second-order valence-electron chi connectivity index (χ2n) is 12.6. The van der Waals surface area contributed by atoms with E-state index in [9.17, 15) is 14.3 Å². The molecule has 1 heterocycles. The molecule has 1 aromatic rings. The summed E-state index contributed by atoms with van der Waals surface area (Å²) in [4.78, 5) is 12.6. The van der Waals surface area contributed by atoms with E-state index in [-0.39, 0.29) is 36.2 Å². The van der Waals surface area contributed by atoms with Crippen molar-refractivity contribution >= 4 is 5.78 Å². The minimum absolute atomic E-state index is 0.0359. The summed E-state index contributed by atoms with van der Waals surface area (Å²) in [6.45, 7) is 4.99. The molecule has 5 nitrogen and oxygen atoms in total. The largest absolute Gasteiger partial charge is 0.504 e. The van der Waals surface area contributed by atoms with Crippen LogP contribution in [0.3, 0.4) is 0 Å². The first-order valence-electron chi connectivity index (χ1n) is 16.1. The van der Waals surface area contributed by atoms with Crippen LogP contribution in [0.25, 0.3) is 0 Å². The van der Waals surface area contributed by atoms with Gasteiger partial charge >= 0.3 is 6.11 Å². The first-order chi connectivity index (χ1) is 19.7. The first-order valence-corrected chi connectivity index (χ1v) is 16.1. The SMILES string of the molecule is CCCC1CCC(C2CCC(C(F)(F)OC3CCC(CCCC(=O)c4ccc(OCC)c(F)c4O)CC3)CC2)OC1. The second kappa shape index (κ2) is 15.1. The Morgan fingerprint density at radius 1 is 0.976 bits per heavy atom. The van der Waals surface area contributed by atoms with Gasteiger partial charge in [-0.05, 0) is 114 Å². The highest BCUT2D eigenvalue weighted by Gasteiger charge is 2.46. The molecule has 1 aliphatic heterocycles. The van der Waals surface area contributed by atoms with Crippen LogP contribution in [0.1, 0.15) is 121 Å². The predicted molar refractivity (Wildman–Crippen MR) is 152 cm³/mol. The molecule has 8 heteroatoms. The highest BCUT2D eigenvalue weighted by molar-refractivity contribution is 5.98. The van der Waals surface area contributed by atoms with E-state index in [1.54, 1.807) is 6.92 Å². The topological polar surface area (TPSA) is 65.0 Å². The van der Waals surface area contributed by atoms with Crippen LogP contribution in [0, 0.1) is 29.5 Å². The molecule has 0 radical (unpaired) electrons. The number of hydrogen-bond donors (Lipinski definition) is 1. The molecule has 2 saturated carbocycles. The molecule has 4 rings (SSSR count). The molecule has 0 spiro atoms. The molecule has 2 unspecified atom stereocenters. The second-order valence-corrected chi connectivity index (χ2v) is 12.6. The molecule has 3 fully saturated rings. The highest BCUT2D eigenvalue weighted by Crippen LogP contribution is 2.44. The Balaban J connectivity index is 1.13. The van der Waals surface area contributed by atoms with Crippen LogP contribution in [-0.2, 0) is 9.47 Å². The van der Waals surface area contributed by atoms with Crippen LogP contribution in [-0.4, -0.2) is 42.4 Å². The molecule has 1 aromatic carbocycles. The van der Waals surface area contributed by atoms with Gasteiger partial charge in [-0.25, -0.2) is 0 Å². The number of phenols is 1. The molecule has 0 bridgehead atoms. The molecule has 0 amide bonds. The number of ketones is 1. The molecular formula is C33H49F3O5. The summed E-state index contributed by atoms with van der Waals surface area (Å²) in [5.41, 5.74) is -0.0359. The van der Waals surface area contributed by atoms with Crippen LogP contribution in [0.4, 0.5) is 13.2 Å². The number of aromatic hydroxyl groups is 1. The van der Waals surface area contributed by atoms with Gasteiger partial charge in [0, 0.05) is 13.0 Å². The van der Waals surface area contributed by atoms with Gasteiger partial charge in [0.25, 0.3) is 0 Å². The van der Waals surface area contributed by atoms with E-state index in [4.69, 9.17) is 14.2 Å². The third-order valence-corrected chi connectivity index (χ3v) is 9.69. The van der Waals surface area contributed by atoms with Crippen LogP contribution >= 0.6 is 0 Å². The number of alkyl halides is 2. The number of halogens is 3. The maximum atomic E-state index is 15.1. The Bertz CT molecular complexity index is 962. The summed E-state index contributed by atoms with van der Waals surface area (Å²) in [5, 5.41) is 10.1. The van der Waals surface area contributed by atoms with Crippen LogP contribution in [0.5, 0.6) is 11.5 Å². The van der Waals surface area contributed by atoms with Crippen LogP contribution in [0.15, 0.2) is 12.1 Å². The van der Waals surface area contributed by atoms with Crippen molar-refractivity contribution in [2.75, 3.05) is 13.2 Å². The van der Waals surface area contributed by atoms with E-state index in [2.05, 4.69) is 6.92 Å². The van der Waals surface area contributed by atoms with Gasteiger partial charge in [-0.15, -0.1) is 0 Å². The van der Waals surface area contributed by atoms with Crippen molar-refractivity contribution < 1.29 is 37.3 Å². The molecule has 232 valence electrons. The Hall–Kier alpha value is -1.80. The lowest BCUT2D eigenvalue weighted by molar-refractivity contribution is -0.302. The Morgan fingerprint density at radius 2 is 1.68 bits per heavy atom. The smallest absolute Gasteiger partial charge is 0.358 e. The Morgan fingerprint density at radius 3 is 2.32 bits per heavy atom. The summed E-state index contributed by atoms with van der Waals surface area (Å²) < 4.78 is 61.2. The molecule has 2 atom stereocenters. The summed E-state index contributed by atoms with van der Waals surface area (Å²) in [5.74, 6) is -1.29. The molecule has 41 heavy (non-hydrogen) atoms. The van der Waals surface area contributed by atoms with Gasteiger partial charge in [0.1, 0.15) is 0 Å². The van der Waals surface area contributed by atoms with Crippen molar-refractivity contribution in [1.29, 1.82) is 0 Å². The van der Waals surface area contributed by atoms with E-state index in [1.165, 1.54) is 31.4 Å². The van der Waals surface area contributed by atoms with Gasteiger partial charge < -0.3 is 19.3 Å². The lowest BCUT2D eigenvalue weighted by Crippen LogP contribution is -2.41. The highest BCUT2D eigenvalue weighted by atomic mass is 19.3. The van der Waals surface area contributed by atoms with Crippen molar-refractivity contribution in [3.05, 3.63) is 23.5 Å². The normalized spacial score (nSPS) is 29.3. The van der Waals surface area contributed by atoms with Gasteiger partial charge in [-0.2, -0.15) is 13.2 Å². The van der Waals surface area contributed by atoms with Gasteiger partial charge in [0.15, 0.2) is 17.3 Å². The molecule has 1 N–H and O–H groups in total. The Labute approximate surface area is 243 Å². The lowest BCUT2D eigenvalue weighted by atomic mass is 9.76. The van der Waals surface area contributed by atoms with Crippen molar-refractivity contribution in [2.45, 2.75) is 128 Å². The van der Waals surface area contributed by atoms with E-state index >= 15 is 8.78 Å². The van der Waals surface area contributed by atoms with E-state index in [0.717, 1.165) is 45.1 Å². The molecular weight excluding hydrogens is 533 g/mol. The number of carbonyl (C=O) groups is 1. The fraction of sp³-hybridized carbons (Fsp3) is 0.788. The number of carbonyl (C=O) groups excluding carboxylic acids is 1. The third-order valence-electron chi connectivity index (χ3n) is 9.69. The minimum Gasteiger partial charge on any atom is -0.504 e. The fourth-order valence-electron chi connectivity index (χ4n) is 7.24. The summed E-state index contributed by atoms with van der Waals surface area (Å²) in [6.07, 6.45) is 8.32. The standard InChI is InChI=1S/C33H49F3O5/c1-3-6-23-11-19-29(40-21-23)24-12-14-25(15-13-24)33(35,36)41-26-16-9-22(10-17-26)7-5-8-28(37)27-18-20-30(39-4-2)31(34)32(27)38/h18,20,22-26,29,38H,3-17,19,21H2,1-2H3. The van der Waals surface area contributed by atoms with E-state index < -0.39 is 29.7 Å². The number of hydrogen-bond acceptors (Lipinski definition) is 5. The Kier molecular flexibility index (Phi) is 11.8. The number of ether oxygens (including phenoxy) is 3. The monoisotopic (exact) mass is 582 g/mol. The van der Waals surface area contributed by atoms with Crippen LogP contribution in [0.2, 0.25) is 0 Å². The summed E-state index contributed by atoms with van der Waals surface area (Å²) >= 11 is 0. The van der Waals surface area contributed by atoms with E-state index in [0.29, 0.717) is 49.9 Å². The maximum absolute atomic E-state index is 15.1. The maximum Gasteiger partial charge on any atom is 0.358 e. The van der Waals surface area contributed by atoms with Gasteiger partial charge in [0.05, 0.1) is 30.3 Å². The fourth-order valence-corrected chi connectivity index (χ4v) is 7.24. The van der Waals surface area contributed by atoms with Crippen molar-refractivity contribution in [3.8, 4) is 11.5 Å². The number of Topliss-reactive ketones (excluding diaryl/α,β-unsaturated/α-hetero) is 1. The van der Waals surface area contributed by atoms with Crippen molar-refractivity contribution in [1.82, 2.24) is 0 Å². The zero-order valence-electron chi connectivity index (χ0n) is 24.9. The number of rotatable bonds is 13. The van der Waals surface area contributed by atoms with E-state index in [1.807, 2.05) is 0 Å². The average molecular weight is 583 g/mol. The van der Waals surface area contributed by atoms with Crippen molar-refractivity contribution in [2.24, 2.45) is 23.7 Å². The average Bonchev–Trinajstić information content (AvgIpc) is 2.97. The summed E-state index contributed by atoms with van der Waals surface area (Å²) in [7, 11) is 0. The first kappa shape index (κ1) is 32.1. The third kappa shape index (κ3) is 8.62. The molecule has 2 aliphatic carbocycles. The molecule has 3 aliphatic rings. The van der Waals surface area contributed by atoms with Crippen LogP contribution < -0.4 is 4.74 Å². The quantitative estimate of drug-likeness (QED) is 0.235. The zero-order valence-corrected chi connectivity index (χ0v) is 24.9. The summed E-state index contributed by atoms with van der Waals surface area (Å²) in [6, 6.07) is 2.76. The zero-order chi connectivity index (χ0) is 29.4. The number of phenolic OH excluding ortho intramolecular Hbond substituents is 1. The lowest BCUT2D eigenvalue weighted by Gasteiger charge is -2.40. The predicted octanol–water partition coefficient (Wildman–Crippen LogP) is 8.85. The number of benzene rings is 1. The molecule has 1 saturated heterocycles. The van der Waals surface area contributed by atoms with Gasteiger partial charge in [-0.1, -0.05) is 19.8 Å². The molecule has 0 aromatic heterocycles. The minimum atomic E-state index is -3.09. The van der Waals surface area contributed by atoms with Crippen molar-refractivity contribution in [3.63, 3.8) is 0 Å².